The number of hydrogen-bond acceptors (Lipinski definition) is 0. The third-order valence-corrected chi connectivity index (χ3v) is 2.24. The molecule has 2 heteroatoms. The Bertz CT molecular complexity index is 164. The molecule has 0 bridgehead atoms. The van der Waals surface area contributed by atoms with E-state index in [-0.39, 0.29) is 51.4 Å². The Morgan fingerprint density at radius 2 is 1.88 bits per heavy atom. The van der Waals surface area contributed by atoms with Gasteiger partial charge in [-0.1, -0.05) is 53.0 Å². The molecule has 90 valence electrons. The van der Waals surface area contributed by atoms with Crippen molar-refractivity contribution in [1.29, 1.82) is 0 Å². The maximum Gasteiger partial charge on any atom is 1.00 e. The molecular weight excluding hydrogens is 221 g/mol. The van der Waals surface area contributed by atoms with Crippen molar-refractivity contribution in [1.82, 2.24) is 0 Å². The molecule has 0 aromatic carbocycles. The standard InChI is InChI=1S/C12H22N.C2H6.K/c1-5-8-12(10-13-7-3)9-11(4)6-2;1-2;/h7,10-11H,3,5-6,8-9H2,1-2,4H3;1-2H3;/q-1;;+1/b12-10-;;. The Morgan fingerprint density at radius 3 is 2.25 bits per heavy atom. The van der Waals surface area contributed by atoms with Crippen LogP contribution >= 0.6 is 0 Å². The van der Waals surface area contributed by atoms with E-state index >= 15 is 0 Å². The molecule has 0 saturated carbocycles. The molecule has 0 aliphatic heterocycles. The molecule has 0 radical (unpaired) electrons. The van der Waals surface area contributed by atoms with E-state index in [0.29, 0.717) is 0 Å². The average molecular weight is 249 g/mol. The van der Waals surface area contributed by atoms with E-state index in [1.165, 1.54) is 31.3 Å². The molecule has 0 fully saturated rings. The van der Waals surface area contributed by atoms with Crippen molar-refractivity contribution in [3.05, 3.63) is 29.9 Å². The number of rotatable bonds is 7. The largest absolute Gasteiger partial charge is 1.00 e. The summed E-state index contributed by atoms with van der Waals surface area (Å²) in [6, 6.07) is 0. The van der Waals surface area contributed by atoms with Crippen LogP contribution in [0.5, 0.6) is 0 Å². The van der Waals surface area contributed by atoms with Crippen LogP contribution in [0.25, 0.3) is 5.32 Å². The van der Waals surface area contributed by atoms with Crippen LogP contribution in [-0.4, -0.2) is 0 Å². The first-order valence-electron chi connectivity index (χ1n) is 6.23. The van der Waals surface area contributed by atoms with Gasteiger partial charge in [0.2, 0.25) is 0 Å². The van der Waals surface area contributed by atoms with Crippen LogP contribution in [0, 0.1) is 5.92 Å². The Kier molecular flexibility index (Phi) is 25.3. The number of nitrogens with zero attached hydrogens (tertiary/aromatic N) is 1. The van der Waals surface area contributed by atoms with Crippen LogP contribution in [0.3, 0.4) is 0 Å². The van der Waals surface area contributed by atoms with Crippen LogP contribution < -0.4 is 51.4 Å². The third kappa shape index (κ3) is 14.9. The first-order valence-corrected chi connectivity index (χ1v) is 6.23. The van der Waals surface area contributed by atoms with Gasteiger partial charge in [0, 0.05) is 0 Å². The van der Waals surface area contributed by atoms with Gasteiger partial charge in [-0.3, -0.25) is 0 Å². The van der Waals surface area contributed by atoms with Gasteiger partial charge in [0.15, 0.2) is 0 Å². The fourth-order valence-corrected chi connectivity index (χ4v) is 1.29. The fourth-order valence-electron chi connectivity index (χ4n) is 1.29. The van der Waals surface area contributed by atoms with Crippen LogP contribution in [0.1, 0.15) is 60.3 Å². The van der Waals surface area contributed by atoms with Crippen LogP contribution in [-0.2, 0) is 0 Å². The molecule has 0 aliphatic carbocycles. The van der Waals surface area contributed by atoms with Crippen LogP contribution in [0.4, 0.5) is 0 Å². The molecule has 1 nitrogen and oxygen atoms in total. The molecule has 0 spiro atoms. The van der Waals surface area contributed by atoms with E-state index in [4.69, 9.17) is 0 Å². The van der Waals surface area contributed by atoms with Crippen LogP contribution in [0.15, 0.2) is 24.6 Å². The van der Waals surface area contributed by atoms with E-state index in [0.717, 1.165) is 5.92 Å². The summed E-state index contributed by atoms with van der Waals surface area (Å²) in [6.07, 6.45) is 8.38. The van der Waals surface area contributed by atoms with Crippen molar-refractivity contribution in [3.8, 4) is 0 Å². The van der Waals surface area contributed by atoms with E-state index < -0.39 is 0 Å². The van der Waals surface area contributed by atoms with Gasteiger partial charge in [-0.05, 0) is 18.8 Å². The Labute approximate surface area is 146 Å². The molecule has 0 saturated heterocycles. The van der Waals surface area contributed by atoms with Crippen LogP contribution in [0.2, 0.25) is 0 Å². The minimum absolute atomic E-state index is 0. The normalized spacial score (nSPS) is 11.7. The van der Waals surface area contributed by atoms with E-state index in [1.807, 2.05) is 20.0 Å². The zero-order valence-corrected chi connectivity index (χ0v) is 15.3. The Hall–Kier alpha value is 0.916. The van der Waals surface area contributed by atoms with E-state index in [9.17, 15) is 0 Å². The second-order valence-corrected chi connectivity index (χ2v) is 3.59. The molecule has 0 amide bonds. The first-order chi connectivity index (χ1) is 7.24. The zero-order valence-electron chi connectivity index (χ0n) is 12.2. The summed E-state index contributed by atoms with van der Waals surface area (Å²) in [5.74, 6) is 0.776. The summed E-state index contributed by atoms with van der Waals surface area (Å²) < 4.78 is 0. The summed E-state index contributed by atoms with van der Waals surface area (Å²) in [6.45, 7) is 14.3. The van der Waals surface area contributed by atoms with Gasteiger partial charge in [-0.2, -0.15) is 12.4 Å². The van der Waals surface area contributed by atoms with Gasteiger partial charge in [-0.15, -0.1) is 6.58 Å². The van der Waals surface area contributed by atoms with Gasteiger partial charge in [0.05, 0.1) is 0 Å². The molecule has 0 aliphatic rings. The summed E-state index contributed by atoms with van der Waals surface area (Å²) in [4.78, 5) is 0. The summed E-state index contributed by atoms with van der Waals surface area (Å²) in [7, 11) is 0. The smallest absolute Gasteiger partial charge is 0.671 e. The molecular formula is C14H28KN. The molecule has 0 aromatic rings. The van der Waals surface area contributed by atoms with Crippen molar-refractivity contribution in [2.24, 2.45) is 5.92 Å². The van der Waals surface area contributed by atoms with E-state index in [2.05, 4.69) is 32.7 Å². The molecule has 1 atom stereocenters. The van der Waals surface area contributed by atoms with Gasteiger partial charge in [0.25, 0.3) is 0 Å². The fraction of sp³-hybridized carbons (Fsp3) is 0.714. The van der Waals surface area contributed by atoms with Gasteiger partial charge in [-0.25, -0.2) is 0 Å². The minimum Gasteiger partial charge on any atom is -0.671 e. The van der Waals surface area contributed by atoms with Crippen molar-refractivity contribution in [2.75, 3.05) is 0 Å². The van der Waals surface area contributed by atoms with E-state index in [1.54, 1.807) is 6.20 Å². The van der Waals surface area contributed by atoms with Gasteiger partial charge < -0.3 is 5.32 Å². The first kappa shape index (κ1) is 22.1. The molecule has 16 heavy (non-hydrogen) atoms. The Morgan fingerprint density at radius 1 is 1.31 bits per heavy atom. The molecule has 0 rings (SSSR count). The average Bonchev–Trinajstić information content (AvgIpc) is 2.28. The van der Waals surface area contributed by atoms with Gasteiger partial charge >= 0.3 is 51.4 Å². The van der Waals surface area contributed by atoms with Crippen molar-refractivity contribution < 1.29 is 51.4 Å². The molecule has 0 aromatic heterocycles. The summed E-state index contributed by atoms with van der Waals surface area (Å²) in [5, 5.41) is 4.08. The quantitative estimate of drug-likeness (QED) is 0.616. The zero-order chi connectivity index (χ0) is 12.1. The number of allylic oxidation sites excluding steroid dienone is 1. The second kappa shape index (κ2) is 18.3. The maximum atomic E-state index is 4.08. The topological polar surface area (TPSA) is 14.1 Å². The molecule has 0 N–H and O–H groups in total. The van der Waals surface area contributed by atoms with Crippen molar-refractivity contribution in [3.63, 3.8) is 0 Å². The Balaban J connectivity index is -0.000000529. The predicted molar refractivity (Wildman–Crippen MR) is 72.0 cm³/mol. The van der Waals surface area contributed by atoms with Crippen molar-refractivity contribution >= 4 is 0 Å². The SMILES string of the molecule is C=C[N-]/C=C(/CCC)CC(C)CC.CC.[K+]. The predicted octanol–water partition coefficient (Wildman–Crippen LogP) is 2.65. The maximum absolute atomic E-state index is 4.08. The van der Waals surface area contributed by atoms with Crippen molar-refractivity contribution in [2.45, 2.75) is 60.3 Å². The molecule has 0 heterocycles. The summed E-state index contributed by atoms with van der Waals surface area (Å²) in [5.41, 5.74) is 1.46. The summed E-state index contributed by atoms with van der Waals surface area (Å²) >= 11 is 0. The molecule has 1 unspecified atom stereocenters. The number of hydrogen-bond donors (Lipinski definition) is 0. The second-order valence-electron chi connectivity index (χ2n) is 3.59. The third-order valence-electron chi connectivity index (χ3n) is 2.24. The minimum atomic E-state index is 0. The van der Waals surface area contributed by atoms with Gasteiger partial charge in [0.1, 0.15) is 0 Å². The monoisotopic (exact) mass is 249 g/mol.